The number of hydrogen-bond donors (Lipinski definition) is 1. The molecule has 0 aromatic carbocycles. The average molecular weight is 169 g/mol. The van der Waals surface area contributed by atoms with Crippen LogP contribution in [-0.2, 0) is 0 Å². The molecule has 1 aliphatic rings. The van der Waals surface area contributed by atoms with Gasteiger partial charge in [0.15, 0.2) is 0 Å². The van der Waals surface area contributed by atoms with E-state index in [-0.39, 0.29) is 11.1 Å². The van der Waals surface area contributed by atoms with Crippen LogP contribution < -0.4 is 0 Å². The van der Waals surface area contributed by atoms with Crippen molar-refractivity contribution >= 4 is 0 Å². The van der Waals surface area contributed by atoms with E-state index in [1.165, 1.54) is 5.06 Å². The molecule has 2 nitrogen and oxygen atoms in total. The molecule has 0 spiro atoms. The van der Waals surface area contributed by atoms with Crippen LogP contribution in [0.1, 0.15) is 34.1 Å². The highest BCUT2D eigenvalue weighted by Gasteiger charge is 2.49. The number of nitrogens with zero attached hydrogens (tertiary/aromatic N) is 1. The smallest absolute Gasteiger partial charge is 0.0473 e. The van der Waals surface area contributed by atoms with Crippen molar-refractivity contribution in [1.29, 1.82) is 0 Å². The molecule has 12 heavy (non-hydrogen) atoms. The normalized spacial score (nSPS) is 33.6. The van der Waals surface area contributed by atoms with Gasteiger partial charge in [0, 0.05) is 11.1 Å². The quantitative estimate of drug-likeness (QED) is 0.609. The second kappa shape index (κ2) is 2.57. The maximum Gasteiger partial charge on any atom is 0.0473 e. The number of hydrogen-bond acceptors (Lipinski definition) is 2. The van der Waals surface area contributed by atoms with E-state index in [9.17, 15) is 5.21 Å². The third-order valence-corrected chi connectivity index (χ3v) is 3.03. The van der Waals surface area contributed by atoms with Gasteiger partial charge in [0.25, 0.3) is 0 Å². The van der Waals surface area contributed by atoms with Crippen molar-refractivity contribution in [2.75, 3.05) is 0 Å². The van der Waals surface area contributed by atoms with Gasteiger partial charge in [-0.1, -0.05) is 6.08 Å². The summed E-state index contributed by atoms with van der Waals surface area (Å²) in [6, 6.07) is 0. The first-order chi connectivity index (χ1) is 5.32. The second-order valence-corrected chi connectivity index (χ2v) is 4.82. The van der Waals surface area contributed by atoms with Crippen molar-refractivity contribution in [1.82, 2.24) is 5.06 Å². The van der Waals surface area contributed by atoms with Crippen molar-refractivity contribution in [2.45, 2.75) is 45.2 Å². The largest absolute Gasteiger partial charge is 0.313 e. The van der Waals surface area contributed by atoms with Crippen LogP contribution in [0.2, 0.25) is 0 Å². The van der Waals surface area contributed by atoms with Crippen LogP contribution in [-0.4, -0.2) is 21.3 Å². The standard InChI is InChI=1S/C10H19NO/c1-6-8-7-9(2,3)11(12)10(8,4)5/h6,8,12H,1,7H2,2-5H3. The molecule has 2 heteroatoms. The summed E-state index contributed by atoms with van der Waals surface area (Å²) in [6.07, 6.45) is 2.91. The predicted molar refractivity (Wildman–Crippen MR) is 50.1 cm³/mol. The lowest BCUT2D eigenvalue weighted by Crippen LogP contribution is -2.47. The Balaban J connectivity index is 2.95. The van der Waals surface area contributed by atoms with E-state index < -0.39 is 0 Å². The predicted octanol–water partition coefficient (Wildman–Crippen LogP) is 2.44. The molecule has 0 bridgehead atoms. The van der Waals surface area contributed by atoms with Gasteiger partial charge >= 0.3 is 0 Å². The topological polar surface area (TPSA) is 23.5 Å². The molecule has 0 aromatic heterocycles. The highest BCUT2D eigenvalue weighted by Crippen LogP contribution is 2.43. The third kappa shape index (κ3) is 1.19. The van der Waals surface area contributed by atoms with Crippen LogP contribution in [0.5, 0.6) is 0 Å². The summed E-state index contributed by atoms with van der Waals surface area (Å²) >= 11 is 0. The second-order valence-electron chi connectivity index (χ2n) is 4.82. The highest BCUT2D eigenvalue weighted by molar-refractivity contribution is 5.07. The molecule has 0 radical (unpaired) electrons. The molecule has 0 saturated carbocycles. The lowest BCUT2D eigenvalue weighted by Gasteiger charge is -2.35. The van der Waals surface area contributed by atoms with Crippen LogP contribution in [0.4, 0.5) is 0 Å². The molecule has 0 aromatic rings. The molecule has 1 unspecified atom stereocenters. The van der Waals surface area contributed by atoms with E-state index in [0.29, 0.717) is 5.92 Å². The van der Waals surface area contributed by atoms with Gasteiger partial charge in [-0.05, 0) is 40.0 Å². The van der Waals surface area contributed by atoms with Gasteiger partial charge in [0.05, 0.1) is 0 Å². The minimum absolute atomic E-state index is 0.123. The zero-order valence-corrected chi connectivity index (χ0v) is 8.46. The van der Waals surface area contributed by atoms with E-state index in [4.69, 9.17) is 0 Å². The maximum atomic E-state index is 9.87. The van der Waals surface area contributed by atoms with Gasteiger partial charge in [0.1, 0.15) is 0 Å². The van der Waals surface area contributed by atoms with Gasteiger partial charge in [-0.25, -0.2) is 0 Å². The minimum atomic E-state index is -0.175. The van der Waals surface area contributed by atoms with E-state index in [0.717, 1.165) is 6.42 Å². The Kier molecular flexibility index (Phi) is 2.09. The van der Waals surface area contributed by atoms with Crippen molar-refractivity contribution < 1.29 is 5.21 Å². The summed E-state index contributed by atoms with van der Waals surface area (Å²) < 4.78 is 0. The summed E-state index contributed by atoms with van der Waals surface area (Å²) in [4.78, 5) is 0. The number of rotatable bonds is 1. The summed E-state index contributed by atoms with van der Waals surface area (Å²) in [5.41, 5.74) is -0.298. The molecular formula is C10H19NO. The van der Waals surface area contributed by atoms with Crippen molar-refractivity contribution in [3.05, 3.63) is 12.7 Å². The minimum Gasteiger partial charge on any atom is -0.313 e. The first-order valence-corrected chi connectivity index (χ1v) is 4.44. The van der Waals surface area contributed by atoms with E-state index in [2.05, 4.69) is 20.4 Å². The average Bonchev–Trinajstić information content (AvgIpc) is 2.11. The Bertz CT molecular complexity index is 196. The van der Waals surface area contributed by atoms with Crippen LogP contribution in [0, 0.1) is 5.92 Å². The summed E-state index contributed by atoms with van der Waals surface area (Å²) in [7, 11) is 0. The van der Waals surface area contributed by atoms with Gasteiger partial charge < -0.3 is 5.21 Å². The van der Waals surface area contributed by atoms with E-state index >= 15 is 0 Å². The molecule has 1 fully saturated rings. The summed E-state index contributed by atoms with van der Waals surface area (Å²) in [5, 5.41) is 11.3. The molecule has 1 atom stereocenters. The number of hydroxylamine groups is 2. The molecule has 70 valence electrons. The fourth-order valence-electron chi connectivity index (χ4n) is 2.18. The van der Waals surface area contributed by atoms with Crippen molar-refractivity contribution in [3.8, 4) is 0 Å². The van der Waals surface area contributed by atoms with Crippen LogP contribution in [0.3, 0.4) is 0 Å². The molecule has 0 aliphatic carbocycles. The lowest BCUT2D eigenvalue weighted by molar-refractivity contribution is -0.194. The fourth-order valence-corrected chi connectivity index (χ4v) is 2.18. The van der Waals surface area contributed by atoms with Crippen LogP contribution in [0.25, 0.3) is 0 Å². The van der Waals surface area contributed by atoms with Crippen LogP contribution in [0.15, 0.2) is 12.7 Å². The van der Waals surface area contributed by atoms with Gasteiger partial charge in [-0.15, -0.1) is 6.58 Å². The van der Waals surface area contributed by atoms with E-state index in [1.807, 2.05) is 19.9 Å². The Labute approximate surface area is 74.8 Å². The molecule has 1 saturated heterocycles. The zero-order valence-electron chi connectivity index (χ0n) is 8.46. The Hall–Kier alpha value is -0.340. The monoisotopic (exact) mass is 169 g/mol. The Morgan fingerprint density at radius 2 is 1.92 bits per heavy atom. The van der Waals surface area contributed by atoms with Gasteiger partial charge in [0.2, 0.25) is 0 Å². The summed E-state index contributed by atoms with van der Waals surface area (Å²) in [5.74, 6) is 0.373. The van der Waals surface area contributed by atoms with Crippen molar-refractivity contribution in [3.63, 3.8) is 0 Å². The molecule has 1 N–H and O–H groups in total. The highest BCUT2D eigenvalue weighted by atomic mass is 16.5. The fraction of sp³-hybridized carbons (Fsp3) is 0.800. The van der Waals surface area contributed by atoms with Gasteiger partial charge in [-0.2, -0.15) is 5.06 Å². The first kappa shape index (κ1) is 9.75. The van der Waals surface area contributed by atoms with E-state index in [1.54, 1.807) is 0 Å². The maximum absolute atomic E-state index is 9.87. The third-order valence-electron chi connectivity index (χ3n) is 3.03. The first-order valence-electron chi connectivity index (χ1n) is 4.44. The molecule has 1 aliphatic heterocycles. The molecular weight excluding hydrogens is 150 g/mol. The van der Waals surface area contributed by atoms with Gasteiger partial charge in [-0.3, -0.25) is 0 Å². The van der Waals surface area contributed by atoms with Crippen molar-refractivity contribution in [2.24, 2.45) is 5.92 Å². The SMILES string of the molecule is C=CC1CC(C)(C)N(O)C1(C)C. The zero-order chi connectivity index (χ0) is 9.57. The Morgan fingerprint density at radius 3 is 2.08 bits per heavy atom. The Morgan fingerprint density at radius 1 is 1.42 bits per heavy atom. The summed E-state index contributed by atoms with van der Waals surface area (Å²) in [6.45, 7) is 12.0. The van der Waals surface area contributed by atoms with Crippen LogP contribution >= 0.6 is 0 Å². The molecule has 1 rings (SSSR count). The molecule has 1 heterocycles. The lowest BCUT2D eigenvalue weighted by atomic mass is 9.87. The molecule has 0 amide bonds.